The molecule has 0 aromatic heterocycles. The molecular formula is C24H27NO3. The summed E-state index contributed by atoms with van der Waals surface area (Å²) in [6.45, 7) is 6.86. The Hall–Kier alpha value is -3.01. The average Bonchev–Trinajstić information content (AvgIpc) is 2.71. The minimum atomic E-state index is -0.514. The van der Waals surface area contributed by atoms with Crippen molar-refractivity contribution in [2.45, 2.75) is 33.3 Å². The first kappa shape index (κ1) is 19.7. The van der Waals surface area contributed by atoms with Crippen LogP contribution in [0.3, 0.4) is 0 Å². The van der Waals surface area contributed by atoms with Gasteiger partial charge in [-0.05, 0) is 55.0 Å². The summed E-state index contributed by atoms with van der Waals surface area (Å²) >= 11 is 0. The number of fused-ring (bicyclic) bond motifs is 1. The predicted octanol–water partition coefficient (Wildman–Crippen LogP) is 4.81. The van der Waals surface area contributed by atoms with Crippen molar-refractivity contribution >= 4 is 16.7 Å². The van der Waals surface area contributed by atoms with Gasteiger partial charge in [0, 0.05) is 5.39 Å². The molecule has 146 valence electrons. The fourth-order valence-electron chi connectivity index (χ4n) is 3.04. The van der Waals surface area contributed by atoms with E-state index in [4.69, 9.17) is 9.47 Å². The summed E-state index contributed by atoms with van der Waals surface area (Å²) in [4.78, 5) is 12.5. The predicted molar refractivity (Wildman–Crippen MR) is 113 cm³/mol. The highest BCUT2D eigenvalue weighted by molar-refractivity contribution is 5.88. The van der Waals surface area contributed by atoms with Crippen LogP contribution in [0.4, 0.5) is 0 Å². The summed E-state index contributed by atoms with van der Waals surface area (Å²) in [5, 5.41) is 5.12. The van der Waals surface area contributed by atoms with Gasteiger partial charge in [-0.3, -0.25) is 4.79 Å². The van der Waals surface area contributed by atoms with E-state index >= 15 is 0 Å². The van der Waals surface area contributed by atoms with E-state index in [1.54, 1.807) is 0 Å². The van der Waals surface area contributed by atoms with Crippen molar-refractivity contribution in [3.05, 3.63) is 71.8 Å². The number of aryl methyl sites for hydroxylation is 2. The van der Waals surface area contributed by atoms with Gasteiger partial charge in [0.1, 0.15) is 18.1 Å². The minimum absolute atomic E-state index is 0.123. The van der Waals surface area contributed by atoms with Crippen molar-refractivity contribution in [1.29, 1.82) is 0 Å². The molecule has 0 aliphatic carbocycles. The Bertz CT molecular complexity index is 946. The van der Waals surface area contributed by atoms with Gasteiger partial charge in [-0.2, -0.15) is 0 Å². The van der Waals surface area contributed by atoms with Crippen LogP contribution in [-0.4, -0.2) is 25.2 Å². The Balaban J connectivity index is 1.51. The highest BCUT2D eigenvalue weighted by Gasteiger charge is 2.18. The molecule has 0 spiro atoms. The number of benzene rings is 3. The molecule has 4 nitrogen and oxygen atoms in total. The Morgan fingerprint density at radius 1 is 1.00 bits per heavy atom. The van der Waals surface area contributed by atoms with E-state index < -0.39 is 6.10 Å². The second-order valence-corrected chi connectivity index (χ2v) is 6.88. The van der Waals surface area contributed by atoms with E-state index in [2.05, 4.69) is 24.4 Å². The molecule has 0 radical (unpaired) electrons. The normalized spacial score (nSPS) is 11.8. The Labute approximate surface area is 166 Å². The zero-order valence-electron chi connectivity index (χ0n) is 16.7. The Kier molecular flexibility index (Phi) is 6.53. The maximum absolute atomic E-state index is 12.5. The van der Waals surface area contributed by atoms with Crippen molar-refractivity contribution in [2.75, 3.05) is 13.2 Å². The molecule has 1 N–H and O–H groups in total. The summed E-state index contributed by atoms with van der Waals surface area (Å²) in [7, 11) is 0. The minimum Gasteiger partial charge on any atom is -0.491 e. The van der Waals surface area contributed by atoms with Crippen molar-refractivity contribution in [3.8, 4) is 11.5 Å². The van der Waals surface area contributed by atoms with Crippen LogP contribution < -0.4 is 14.8 Å². The van der Waals surface area contributed by atoms with E-state index in [9.17, 15) is 4.79 Å². The van der Waals surface area contributed by atoms with Gasteiger partial charge in [-0.1, -0.05) is 49.4 Å². The first-order valence-corrected chi connectivity index (χ1v) is 9.70. The van der Waals surface area contributed by atoms with Gasteiger partial charge in [0.15, 0.2) is 6.10 Å². The first-order valence-electron chi connectivity index (χ1n) is 9.70. The van der Waals surface area contributed by atoms with Crippen LogP contribution in [0.5, 0.6) is 11.5 Å². The molecule has 0 aliphatic heterocycles. The third-order valence-electron chi connectivity index (χ3n) is 4.83. The molecule has 4 heteroatoms. The van der Waals surface area contributed by atoms with Crippen molar-refractivity contribution < 1.29 is 14.3 Å². The topological polar surface area (TPSA) is 47.6 Å². The number of amides is 1. The first-order chi connectivity index (χ1) is 13.6. The van der Waals surface area contributed by atoms with E-state index in [1.807, 2.05) is 62.4 Å². The number of hydrogen-bond donors (Lipinski definition) is 1. The highest BCUT2D eigenvalue weighted by Crippen LogP contribution is 2.25. The molecule has 3 aromatic rings. The average molecular weight is 377 g/mol. The van der Waals surface area contributed by atoms with E-state index in [0.717, 1.165) is 27.8 Å². The number of nitrogens with one attached hydrogen (secondary N) is 1. The zero-order valence-corrected chi connectivity index (χ0v) is 16.7. The zero-order chi connectivity index (χ0) is 19.9. The van der Waals surface area contributed by atoms with E-state index in [-0.39, 0.29) is 5.91 Å². The molecule has 0 saturated heterocycles. The molecular weight excluding hydrogens is 350 g/mol. The molecule has 28 heavy (non-hydrogen) atoms. The maximum atomic E-state index is 12.5. The van der Waals surface area contributed by atoms with Crippen molar-refractivity contribution in [1.82, 2.24) is 5.32 Å². The molecule has 3 aromatic carbocycles. The number of rotatable bonds is 8. The van der Waals surface area contributed by atoms with Crippen LogP contribution in [-0.2, 0) is 4.79 Å². The van der Waals surface area contributed by atoms with Gasteiger partial charge in [0.2, 0.25) is 0 Å². The van der Waals surface area contributed by atoms with Gasteiger partial charge in [0.25, 0.3) is 5.91 Å². The van der Waals surface area contributed by atoms with E-state index in [1.165, 1.54) is 5.56 Å². The lowest BCUT2D eigenvalue weighted by Crippen LogP contribution is -2.39. The molecule has 3 rings (SSSR count). The van der Waals surface area contributed by atoms with Gasteiger partial charge >= 0.3 is 0 Å². The second kappa shape index (κ2) is 9.27. The summed E-state index contributed by atoms with van der Waals surface area (Å²) in [6.07, 6.45) is 0.0859. The monoisotopic (exact) mass is 377 g/mol. The second-order valence-electron chi connectivity index (χ2n) is 6.88. The lowest BCUT2D eigenvalue weighted by Gasteiger charge is -2.18. The quantitative estimate of drug-likeness (QED) is 0.573. The van der Waals surface area contributed by atoms with Crippen molar-refractivity contribution in [3.63, 3.8) is 0 Å². The molecule has 0 aliphatic rings. The molecule has 1 amide bonds. The Morgan fingerprint density at radius 3 is 2.57 bits per heavy atom. The lowest BCUT2D eigenvalue weighted by atomic mass is 10.1. The molecule has 1 atom stereocenters. The van der Waals surface area contributed by atoms with Crippen LogP contribution >= 0.6 is 0 Å². The van der Waals surface area contributed by atoms with Gasteiger partial charge in [-0.25, -0.2) is 0 Å². The van der Waals surface area contributed by atoms with Crippen LogP contribution in [0.2, 0.25) is 0 Å². The summed E-state index contributed by atoms with van der Waals surface area (Å²) in [6, 6.07) is 19.9. The number of ether oxygens (including phenoxy) is 2. The van der Waals surface area contributed by atoms with Crippen LogP contribution in [0.1, 0.15) is 24.5 Å². The Morgan fingerprint density at radius 2 is 1.79 bits per heavy atom. The number of carbonyl (C=O) groups is 1. The standard InChI is InChI=1S/C24H27NO3/c1-4-22(28-20-13-12-17(2)18(3)16-20)24(26)25-14-15-27-23-11-7-9-19-8-5-6-10-21(19)23/h5-13,16,22H,4,14-15H2,1-3H3,(H,25,26)/t22-/m0/s1. The van der Waals surface area contributed by atoms with E-state index in [0.29, 0.717) is 19.6 Å². The van der Waals surface area contributed by atoms with Crippen LogP contribution in [0.15, 0.2) is 60.7 Å². The molecule has 0 unspecified atom stereocenters. The van der Waals surface area contributed by atoms with Crippen molar-refractivity contribution in [2.24, 2.45) is 0 Å². The van der Waals surface area contributed by atoms with Gasteiger partial charge in [0.05, 0.1) is 6.54 Å². The summed E-state index contributed by atoms with van der Waals surface area (Å²) in [5.41, 5.74) is 2.35. The molecule has 0 fully saturated rings. The van der Waals surface area contributed by atoms with Gasteiger partial charge in [-0.15, -0.1) is 0 Å². The summed E-state index contributed by atoms with van der Waals surface area (Å²) < 4.78 is 11.8. The SMILES string of the molecule is CC[C@H](Oc1ccc(C)c(C)c1)C(=O)NCCOc1cccc2ccccc12. The van der Waals surface area contributed by atoms with Crippen LogP contribution in [0, 0.1) is 13.8 Å². The smallest absolute Gasteiger partial charge is 0.261 e. The summed E-state index contributed by atoms with van der Waals surface area (Å²) in [5.74, 6) is 1.42. The molecule has 0 bridgehead atoms. The lowest BCUT2D eigenvalue weighted by molar-refractivity contribution is -0.128. The fourth-order valence-corrected chi connectivity index (χ4v) is 3.04. The third-order valence-corrected chi connectivity index (χ3v) is 4.83. The fraction of sp³-hybridized carbons (Fsp3) is 0.292. The highest BCUT2D eigenvalue weighted by atomic mass is 16.5. The number of carbonyl (C=O) groups excluding carboxylic acids is 1. The molecule has 0 heterocycles. The maximum Gasteiger partial charge on any atom is 0.261 e. The largest absolute Gasteiger partial charge is 0.491 e. The number of hydrogen-bond acceptors (Lipinski definition) is 3. The van der Waals surface area contributed by atoms with Gasteiger partial charge < -0.3 is 14.8 Å². The third kappa shape index (κ3) is 4.83. The molecule has 0 saturated carbocycles. The van der Waals surface area contributed by atoms with Crippen LogP contribution in [0.25, 0.3) is 10.8 Å².